The molecule has 0 bridgehead atoms. The third-order valence-electron chi connectivity index (χ3n) is 4.25. The molecule has 0 saturated carbocycles. The van der Waals surface area contributed by atoms with Crippen LogP contribution in [0.25, 0.3) is 0 Å². The van der Waals surface area contributed by atoms with Crippen molar-refractivity contribution in [2.24, 2.45) is 0 Å². The van der Waals surface area contributed by atoms with E-state index < -0.39 is 0 Å². The molecule has 1 aliphatic heterocycles. The van der Waals surface area contributed by atoms with E-state index in [9.17, 15) is 4.79 Å². The Labute approximate surface area is 137 Å². The first kappa shape index (κ1) is 15.3. The first-order valence-corrected chi connectivity index (χ1v) is 7.94. The fourth-order valence-corrected chi connectivity index (χ4v) is 3.17. The molecule has 0 saturated heterocycles. The molecule has 3 heteroatoms. The lowest BCUT2D eigenvalue weighted by atomic mass is 9.84. The number of carbonyl (C=O) groups excluding carboxylic acids is 1. The average Bonchev–Trinajstić information content (AvgIpc) is 2.61. The van der Waals surface area contributed by atoms with Crippen LogP contribution in [0.4, 0.5) is 0 Å². The van der Waals surface area contributed by atoms with E-state index >= 15 is 0 Å². The van der Waals surface area contributed by atoms with Gasteiger partial charge in [-0.05, 0) is 41.8 Å². The highest BCUT2D eigenvalue weighted by atomic mass is 16.5. The van der Waals surface area contributed by atoms with Crippen molar-refractivity contribution in [3.63, 3.8) is 0 Å². The standard InChI is InChI=1S/C20H21NO2/c1-3-20(22)21-13-16-12-17(23-4-2)10-11-18(16)19(14-21)15-8-6-5-7-9-15/h3,5-12,19H,1,4,13-14H2,2H3/t19-/m1/s1. The number of hydrogen-bond donors (Lipinski definition) is 0. The topological polar surface area (TPSA) is 29.5 Å². The molecule has 118 valence electrons. The van der Waals surface area contributed by atoms with Crippen LogP contribution in [0.3, 0.4) is 0 Å². The molecule has 3 nitrogen and oxygen atoms in total. The summed E-state index contributed by atoms with van der Waals surface area (Å²) in [6.45, 7) is 7.51. The number of ether oxygens (including phenoxy) is 1. The number of nitrogens with zero attached hydrogens (tertiary/aromatic N) is 1. The van der Waals surface area contributed by atoms with Gasteiger partial charge >= 0.3 is 0 Å². The number of fused-ring (bicyclic) bond motifs is 1. The summed E-state index contributed by atoms with van der Waals surface area (Å²) in [6, 6.07) is 16.5. The van der Waals surface area contributed by atoms with Gasteiger partial charge < -0.3 is 9.64 Å². The Kier molecular flexibility index (Phi) is 4.47. The van der Waals surface area contributed by atoms with Gasteiger partial charge in [-0.25, -0.2) is 0 Å². The van der Waals surface area contributed by atoms with Crippen molar-refractivity contribution in [2.45, 2.75) is 19.4 Å². The van der Waals surface area contributed by atoms with Crippen molar-refractivity contribution in [3.8, 4) is 5.75 Å². The second kappa shape index (κ2) is 6.69. The summed E-state index contributed by atoms with van der Waals surface area (Å²) >= 11 is 0. The normalized spacial score (nSPS) is 16.6. The van der Waals surface area contributed by atoms with Gasteiger partial charge in [0.05, 0.1) is 6.61 Å². The number of benzene rings is 2. The summed E-state index contributed by atoms with van der Waals surface area (Å²) in [5, 5.41) is 0. The van der Waals surface area contributed by atoms with E-state index in [0.717, 1.165) is 11.3 Å². The van der Waals surface area contributed by atoms with Crippen LogP contribution in [0.1, 0.15) is 29.5 Å². The molecule has 1 atom stereocenters. The van der Waals surface area contributed by atoms with Gasteiger partial charge in [-0.2, -0.15) is 0 Å². The zero-order chi connectivity index (χ0) is 16.2. The molecular formula is C20H21NO2. The Hall–Kier alpha value is -2.55. The van der Waals surface area contributed by atoms with Gasteiger partial charge in [-0.15, -0.1) is 0 Å². The zero-order valence-corrected chi connectivity index (χ0v) is 13.4. The molecule has 1 aliphatic rings. The number of carbonyl (C=O) groups is 1. The fourth-order valence-electron chi connectivity index (χ4n) is 3.17. The number of amides is 1. The third-order valence-corrected chi connectivity index (χ3v) is 4.25. The summed E-state index contributed by atoms with van der Waals surface area (Å²) in [4.78, 5) is 14.0. The predicted octanol–water partition coefficient (Wildman–Crippen LogP) is 3.75. The van der Waals surface area contributed by atoms with Crippen LogP contribution in [0, 0.1) is 0 Å². The van der Waals surface area contributed by atoms with Crippen LogP contribution in [0.15, 0.2) is 61.2 Å². The van der Waals surface area contributed by atoms with Crippen molar-refractivity contribution in [3.05, 3.63) is 77.9 Å². The van der Waals surface area contributed by atoms with Crippen molar-refractivity contribution in [1.82, 2.24) is 4.90 Å². The molecule has 0 fully saturated rings. The van der Waals surface area contributed by atoms with Gasteiger partial charge in [0.1, 0.15) is 5.75 Å². The Morgan fingerprint density at radius 2 is 2.09 bits per heavy atom. The van der Waals surface area contributed by atoms with Gasteiger partial charge in [-0.1, -0.05) is 43.0 Å². The first-order valence-electron chi connectivity index (χ1n) is 7.94. The van der Waals surface area contributed by atoms with Crippen molar-refractivity contribution in [1.29, 1.82) is 0 Å². The second-order valence-corrected chi connectivity index (χ2v) is 5.68. The highest BCUT2D eigenvalue weighted by Crippen LogP contribution is 2.35. The van der Waals surface area contributed by atoms with Crippen LogP contribution in [0.2, 0.25) is 0 Å². The van der Waals surface area contributed by atoms with Gasteiger partial charge in [0.2, 0.25) is 5.91 Å². The van der Waals surface area contributed by atoms with E-state index in [-0.39, 0.29) is 11.8 Å². The van der Waals surface area contributed by atoms with Crippen LogP contribution >= 0.6 is 0 Å². The van der Waals surface area contributed by atoms with E-state index in [0.29, 0.717) is 19.7 Å². The Morgan fingerprint density at radius 3 is 2.78 bits per heavy atom. The molecule has 2 aromatic carbocycles. The van der Waals surface area contributed by atoms with Gasteiger partial charge in [0.25, 0.3) is 0 Å². The molecule has 0 radical (unpaired) electrons. The van der Waals surface area contributed by atoms with Crippen LogP contribution < -0.4 is 4.74 Å². The molecule has 23 heavy (non-hydrogen) atoms. The summed E-state index contributed by atoms with van der Waals surface area (Å²) in [6.07, 6.45) is 1.39. The molecule has 1 amide bonds. The first-order chi connectivity index (χ1) is 11.2. The molecule has 0 unspecified atom stereocenters. The van der Waals surface area contributed by atoms with Crippen molar-refractivity contribution >= 4 is 5.91 Å². The predicted molar refractivity (Wildman–Crippen MR) is 91.5 cm³/mol. The molecule has 2 aromatic rings. The summed E-state index contributed by atoms with van der Waals surface area (Å²) in [5.41, 5.74) is 3.64. The number of rotatable bonds is 4. The van der Waals surface area contributed by atoms with Crippen LogP contribution in [0.5, 0.6) is 5.75 Å². The lowest BCUT2D eigenvalue weighted by Crippen LogP contribution is -2.37. The molecule has 3 rings (SSSR count). The zero-order valence-electron chi connectivity index (χ0n) is 13.4. The quantitative estimate of drug-likeness (QED) is 0.805. The lowest BCUT2D eigenvalue weighted by Gasteiger charge is -2.34. The molecule has 0 spiro atoms. The maximum absolute atomic E-state index is 12.1. The Morgan fingerprint density at radius 1 is 1.30 bits per heavy atom. The largest absolute Gasteiger partial charge is 0.494 e. The van der Waals surface area contributed by atoms with E-state index in [1.807, 2.05) is 36.1 Å². The minimum Gasteiger partial charge on any atom is -0.494 e. The maximum atomic E-state index is 12.1. The molecule has 0 N–H and O–H groups in total. The van der Waals surface area contributed by atoms with E-state index in [1.54, 1.807) is 0 Å². The summed E-state index contributed by atoms with van der Waals surface area (Å²) in [5.74, 6) is 1.00. The molecule has 0 aromatic heterocycles. The average molecular weight is 307 g/mol. The van der Waals surface area contributed by atoms with Crippen LogP contribution in [-0.4, -0.2) is 24.0 Å². The summed E-state index contributed by atoms with van der Waals surface area (Å²) in [7, 11) is 0. The fraction of sp³-hybridized carbons (Fsp3) is 0.250. The molecule has 1 heterocycles. The van der Waals surface area contributed by atoms with Crippen molar-refractivity contribution in [2.75, 3.05) is 13.2 Å². The van der Waals surface area contributed by atoms with Crippen molar-refractivity contribution < 1.29 is 9.53 Å². The van der Waals surface area contributed by atoms with E-state index in [2.05, 4.69) is 30.8 Å². The Bertz CT molecular complexity index is 709. The van der Waals surface area contributed by atoms with E-state index in [4.69, 9.17) is 4.74 Å². The Balaban J connectivity index is 2.03. The third kappa shape index (κ3) is 3.14. The molecule has 0 aliphatic carbocycles. The summed E-state index contributed by atoms with van der Waals surface area (Å²) < 4.78 is 5.61. The lowest BCUT2D eigenvalue weighted by molar-refractivity contribution is -0.127. The smallest absolute Gasteiger partial charge is 0.246 e. The highest BCUT2D eigenvalue weighted by Gasteiger charge is 2.28. The monoisotopic (exact) mass is 307 g/mol. The minimum atomic E-state index is -0.0293. The highest BCUT2D eigenvalue weighted by molar-refractivity contribution is 5.87. The van der Waals surface area contributed by atoms with Gasteiger partial charge in [0, 0.05) is 19.0 Å². The van der Waals surface area contributed by atoms with Crippen LogP contribution in [-0.2, 0) is 11.3 Å². The van der Waals surface area contributed by atoms with Gasteiger partial charge in [0.15, 0.2) is 0 Å². The number of hydrogen-bond acceptors (Lipinski definition) is 2. The van der Waals surface area contributed by atoms with E-state index in [1.165, 1.54) is 17.2 Å². The minimum absolute atomic E-state index is 0.0293. The van der Waals surface area contributed by atoms with Gasteiger partial charge in [-0.3, -0.25) is 4.79 Å². The second-order valence-electron chi connectivity index (χ2n) is 5.68. The molecular weight excluding hydrogens is 286 g/mol. The SMILES string of the molecule is C=CC(=O)N1Cc2cc(OCC)ccc2[C@@H](c2ccccc2)C1. The maximum Gasteiger partial charge on any atom is 0.246 e.